The van der Waals surface area contributed by atoms with Crippen LogP contribution in [-0.2, 0) is 34.7 Å². The van der Waals surface area contributed by atoms with Gasteiger partial charge in [-0.3, -0.25) is 0 Å². The molecule has 0 aliphatic carbocycles. The standard InChI is InChI=1S/C29H50O7Si/c1-18(2)37(19(3)4,20(5)6)36-25-21(7)26(33-15-23-13-11-10-12-14-23)28-27(22(8)29(30)35-28)34-24(25)16-32-17-31-9/h10-14,18-22,24-30H,15-17H2,1-9H3/t21-,22-,24+,25-,26+,27-,28+,29?/m1/s1. The number of aliphatic hydroxyl groups excluding tert-OH is 1. The van der Waals surface area contributed by atoms with E-state index < -0.39 is 20.7 Å². The van der Waals surface area contributed by atoms with Gasteiger partial charge in [0.05, 0.1) is 31.5 Å². The Morgan fingerprint density at radius 3 is 2.05 bits per heavy atom. The summed E-state index contributed by atoms with van der Waals surface area (Å²) in [5.74, 6) is -0.263. The molecule has 2 saturated heterocycles. The summed E-state index contributed by atoms with van der Waals surface area (Å²) in [5.41, 5.74) is 2.35. The highest BCUT2D eigenvalue weighted by molar-refractivity contribution is 6.77. The van der Waals surface area contributed by atoms with E-state index >= 15 is 0 Å². The van der Waals surface area contributed by atoms with Crippen LogP contribution in [-0.4, -0.2) is 70.7 Å². The highest BCUT2D eigenvalue weighted by Crippen LogP contribution is 2.47. The molecule has 7 nitrogen and oxygen atoms in total. The lowest BCUT2D eigenvalue weighted by molar-refractivity contribution is -0.161. The van der Waals surface area contributed by atoms with E-state index in [9.17, 15) is 5.11 Å². The molecule has 1 unspecified atom stereocenters. The number of aliphatic hydroxyl groups is 1. The van der Waals surface area contributed by atoms with Gasteiger partial charge in [-0.2, -0.15) is 0 Å². The molecule has 8 heteroatoms. The van der Waals surface area contributed by atoms with Crippen molar-refractivity contribution in [2.45, 2.75) is 115 Å². The number of hydrogen-bond acceptors (Lipinski definition) is 7. The molecule has 3 rings (SSSR count). The van der Waals surface area contributed by atoms with E-state index in [1.165, 1.54) is 0 Å². The summed E-state index contributed by atoms with van der Waals surface area (Å²) < 4.78 is 38.0. The maximum absolute atomic E-state index is 10.6. The predicted octanol–water partition coefficient (Wildman–Crippen LogP) is 5.51. The first-order valence-electron chi connectivity index (χ1n) is 13.9. The molecule has 2 aliphatic rings. The zero-order valence-corrected chi connectivity index (χ0v) is 25.3. The third-order valence-electron chi connectivity index (χ3n) is 8.46. The number of ether oxygens (including phenoxy) is 5. The molecular weight excluding hydrogens is 488 g/mol. The summed E-state index contributed by atoms with van der Waals surface area (Å²) in [6.45, 7) is 18.9. The van der Waals surface area contributed by atoms with Crippen molar-refractivity contribution < 1.29 is 33.2 Å². The molecule has 0 aromatic heterocycles. The molecule has 2 aliphatic heterocycles. The molecule has 0 spiro atoms. The Balaban J connectivity index is 2.01. The molecule has 1 aromatic carbocycles. The summed E-state index contributed by atoms with van der Waals surface area (Å²) in [5, 5.41) is 10.6. The fourth-order valence-corrected chi connectivity index (χ4v) is 12.3. The summed E-state index contributed by atoms with van der Waals surface area (Å²) in [6.07, 6.45) is -2.57. The van der Waals surface area contributed by atoms with E-state index in [0.29, 0.717) is 29.8 Å². The van der Waals surface area contributed by atoms with Crippen LogP contribution in [0.15, 0.2) is 30.3 Å². The minimum absolute atomic E-state index is 0.0597. The lowest BCUT2D eigenvalue weighted by Gasteiger charge is -2.47. The van der Waals surface area contributed by atoms with Crippen LogP contribution in [0.4, 0.5) is 0 Å². The van der Waals surface area contributed by atoms with Crippen LogP contribution in [0.25, 0.3) is 0 Å². The zero-order chi connectivity index (χ0) is 27.3. The molecular formula is C29H50O7Si. The molecule has 37 heavy (non-hydrogen) atoms. The number of benzene rings is 1. The third-order valence-corrected chi connectivity index (χ3v) is 14.6. The molecule has 0 amide bonds. The zero-order valence-electron chi connectivity index (χ0n) is 24.3. The lowest BCUT2D eigenvalue weighted by Crippen LogP contribution is -2.56. The number of methoxy groups -OCH3 is 1. The summed E-state index contributed by atoms with van der Waals surface area (Å²) in [4.78, 5) is 0. The smallest absolute Gasteiger partial charge is 0.200 e. The van der Waals surface area contributed by atoms with E-state index in [1.54, 1.807) is 7.11 Å². The maximum atomic E-state index is 10.6. The largest absolute Gasteiger partial charge is 0.410 e. The van der Waals surface area contributed by atoms with Gasteiger partial charge in [0.2, 0.25) is 8.32 Å². The highest BCUT2D eigenvalue weighted by Gasteiger charge is 2.56. The summed E-state index contributed by atoms with van der Waals surface area (Å²) in [7, 11) is -0.648. The molecule has 2 heterocycles. The minimum atomic E-state index is -2.26. The van der Waals surface area contributed by atoms with Gasteiger partial charge in [0, 0.05) is 18.9 Å². The molecule has 212 valence electrons. The predicted molar refractivity (Wildman–Crippen MR) is 147 cm³/mol. The Morgan fingerprint density at radius 1 is 0.865 bits per heavy atom. The quantitative estimate of drug-likeness (QED) is 0.214. The van der Waals surface area contributed by atoms with Gasteiger partial charge in [-0.1, -0.05) is 85.7 Å². The fourth-order valence-electron chi connectivity index (χ4n) is 6.62. The summed E-state index contributed by atoms with van der Waals surface area (Å²) >= 11 is 0. The van der Waals surface area contributed by atoms with Gasteiger partial charge in [0.1, 0.15) is 19.0 Å². The molecule has 1 aromatic rings. The number of hydrogen-bond donors (Lipinski definition) is 1. The van der Waals surface area contributed by atoms with Crippen molar-refractivity contribution in [3.8, 4) is 0 Å². The normalized spacial score (nSPS) is 32.8. The van der Waals surface area contributed by atoms with Crippen molar-refractivity contribution >= 4 is 8.32 Å². The monoisotopic (exact) mass is 538 g/mol. The van der Waals surface area contributed by atoms with Gasteiger partial charge in [-0.05, 0) is 22.2 Å². The van der Waals surface area contributed by atoms with E-state index in [2.05, 4.69) is 60.6 Å². The SMILES string of the molecule is COCOC[C@@H]1O[C@H]2[C@@H](OC(O)[C@@H]2C)[C@@H](OCc2ccccc2)[C@H](C)[C@H]1O[Si](C(C)C)(C(C)C)C(C)C. The van der Waals surface area contributed by atoms with E-state index in [4.69, 9.17) is 28.1 Å². The van der Waals surface area contributed by atoms with Crippen LogP contribution >= 0.6 is 0 Å². The Kier molecular flexibility index (Phi) is 11.2. The average Bonchev–Trinajstić information content (AvgIpc) is 3.06. The maximum Gasteiger partial charge on any atom is 0.200 e. The van der Waals surface area contributed by atoms with Crippen molar-refractivity contribution in [2.75, 3.05) is 20.5 Å². The topological polar surface area (TPSA) is 75.6 Å². The lowest BCUT2D eigenvalue weighted by atomic mass is 9.89. The second-order valence-electron chi connectivity index (χ2n) is 11.8. The number of fused-ring (bicyclic) bond motifs is 1. The van der Waals surface area contributed by atoms with Gasteiger partial charge in [0.25, 0.3) is 0 Å². The van der Waals surface area contributed by atoms with Crippen LogP contribution < -0.4 is 0 Å². The molecule has 8 atom stereocenters. The Labute approximate surface area is 225 Å². The van der Waals surface area contributed by atoms with Crippen molar-refractivity contribution in [3.63, 3.8) is 0 Å². The van der Waals surface area contributed by atoms with E-state index in [0.717, 1.165) is 5.56 Å². The average molecular weight is 539 g/mol. The van der Waals surface area contributed by atoms with Gasteiger partial charge in [-0.25, -0.2) is 0 Å². The van der Waals surface area contributed by atoms with Crippen LogP contribution in [0.3, 0.4) is 0 Å². The van der Waals surface area contributed by atoms with Crippen molar-refractivity contribution in [2.24, 2.45) is 11.8 Å². The molecule has 1 N–H and O–H groups in total. The van der Waals surface area contributed by atoms with Crippen LogP contribution in [0.1, 0.15) is 61.0 Å². The molecule has 0 radical (unpaired) electrons. The van der Waals surface area contributed by atoms with E-state index in [-0.39, 0.29) is 43.0 Å². The fraction of sp³-hybridized carbons (Fsp3) is 0.793. The Morgan fingerprint density at radius 2 is 1.49 bits per heavy atom. The molecule has 0 saturated carbocycles. The van der Waals surface area contributed by atoms with Crippen molar-refractivity contribution in [3.05, 3.63) is 35.9 Å². The molecule has 2 fully saturated rings. The van der Waals surface area contributed by atoms with Crippen molar-refractivity contribution in [1.29, 1.82) is 0 Å². The Bertz CT molecular complexity index is 783. The number of rotatable bonds is 12. The minimum Gasteiger partial charge on any atom is -0.410 e. The van der Waals surface area contributed by atoms with Crippen LogP contribution in [0.2, 0.25) is 16.6 Å². The van der Waals surface area contributed by atoms with Crippen LogP contribution in [0.5, 0.6) is 0 Å². The van der Waals surface area contributed by atoms with Gasteiger partial charge < -0.3 is 33.2 Å². The first kappa shape index (κ1) is 30.7. The van der Waals surface area contributed by atoms with Crippen molar-refractivity contribution in [1.82, 2.24) is 0 Å². The van der Waals surface area contributed by atoms with E-state index in [1.807, 2.05) is 25.1 Å². The second kappa shape index (κ2) is 13.5. The first-order valence-corrected chi connectivity index (χ1v) is 16.1. The van der Waals surface area contributed by atoms with Crippen LogP contribution in [0, 0.1) is 11.8 Å². The van der Waals surface area contributed by atoms with Gasteiger partial charge in [-0.15, -0.1) is 0 Å². The van der Waals surface area contributed by atoms with Gasteiger partial charge in [0.15, 0.2) is 6.29 Å². The highest BCUT2D eigenvalue weighted by atomic mass is 28.4. The Hall–Kier alpha value is -0.843. The second-order valence-corrected chi connectivity index (χ2v) is 17.2. The third kappa shape index (κ3) is 6.66. The van der Waals surface area contributed by atoms with Gasteiger partial charge >= 0.3 is 0 Å². The summed E-state index contributed by atoms with van der Waals surface area (Å²) in [6, 6.07) is 10.2. The first-order chi connectivity index (χ1) is 17.5. The molecule has 0 bridgehead atoms.